The van der Waals surface area contributed by atoms with Crippen LogP contribution < -0.4 is 5.32 Å². The lowest BCUT2D eigenvalue weighted by Crippen LogP contribution is -2.88. The van der Waals surface area contributed by atoms with Crippen molar-refractivity contribution in [2.75, 3.05) is 25.5 Å². The van der Waals surface area contributed by atoms with Crippen molar-refractivity contribution in [1.29, 1.82) is 0 Å². The number of carbonyl (C=O) groups is 1. The molecule has 3 aliphatic heterocycles. The van der Waals surface area contributed by atoms with E-state index in [0.29, 0.717) is 6.42 Å². The third-order valence-corrected chi connectivity index (χ3v) is 8.40. The molecule has 1 saturated heterocycles. The molecule has 142 valence electrons. The van der Waals surface area contributed by atoms with Crippen LogP contribution in [-0.2, 0) is 14.9 Å². The Bertz CT molecular complexity index is 902. The summed E-state index contributed by atoms with van der Waals surface area (Å²) in [6, 6.07) is 8.19. The lowest BCUT2D eigenvalue weighted by molar-refractivity contribution is -0.258. The number of esters is 1. The highest BCUT2D eigenvalue weighted by Gasteiger charge is 2.87. The molecule has 3 N–H and O–H groups in total. The van der Waals surface area contributed by atoms with Gasteiger partial charge in [-0.15, -0.1) is 0 Å². The standard InChI is InChI=1S/C21H24N2O4/c1-27-17(25)21(26)16(24)18-7-4-11-23-12-10-19(15(18)23)13-5-2-3-6-14(13)22-20(19,21)9-8-18/h2-7,15-16,22,24,26H,8-12H2,1H3/t15-,16-,18?,19+,20?,21+/m0/s1. The summed E-state index contributed by atoms with van der Waals surface area (Å²) >= 11 is 0. The Morgan fingerprint density at radius 1 is 1.30 bits per heavy atom. The Labute approximate surface area is 157 Å². The van der Waals surface area contributed by atoms with Gasteiger partial charge in [0.2, 0.25) is 5.60 Å². The van der Waals surface area contributed by atoms with E-state index in [1.807, 2.05) is 18.2 Å². The fraction of sp³-hybridized carbons (Fsp3) is 0.571. The highest BCUT2D eigenvalue weighted by atomic mass is 16.5. The van der Waals surface area contributed by atoms with Crippen molar-refractivity contribution in [3.8, 4) is 0 Å². The molecule has 6 aliphatic rings. The highest BCUT2D eigenvalue weighted by Crippen LogP contribution is 2.74. The van der Waals surface area contributed by atoms with E-state index in [1.165, 1.54) is 7.11 Å². The molecular formula is C21H24N2O4. The minimum absolute atomic E-state index is 0.0554. The molecule has 4 fully saturated rings. The maximum Gasteiger partial charge on any atom is 0.343 e. The number of benzene rings is 1. The number of aliphatic hydroxyl groups is 2. The van der Waals surface area contributed by atoms with Crippen LogP contribution in [0.1, 0.15) is 24.8 Å². The van der Waals surface area contributed by atoms with Gasteiger partial charge in [0.1, 0.15) is 6.10 Å². The van der Waals surface area contributed by atoms with E-state index in [9.17, 15) is 15.0 Å². The van der Waals surface area contributed by atoms with Crippen LogP contribution in [0, 0.1) is 5.41 Å². The van der Waals surface area contributed by atoms with E-state index in [0.717, 1.165) is 37.2 Å². The fourth-order valence-corrected chi connectivity index (χ4v) is 7.65. The van der Waals surface area contributed by atoms with E-state index >= 15 is 0 Å². The second kappa shape index (κ2) is 4.57. The van der Waals surface area contributed by atoms with Gasteiger partial charge in [-0.3, -0.25) is 4.90 Å². The molecule has 3 saturated carbocycles. The third kappa shape index (κ3) is 1.33. The average Bonchev–Trinajstić information content (AvgIpc) is 3.24. The van der Waals surface area contributed by atoms with Crippen molar-refractivity contribution in [2.45, 2.75) is 48.0 Å². The molecule has 6 nitrogen and oxygen atoms in total. The van der Waals surface area contributed by atoms with Crippen LogP contribution in [0.15, 0.2) is 36.4 Å². The van der Waals surface area contributed by atoms with Crippen LogP contribution in [0.4, 0.5) is 5.69 Å². The number of hydrogen-bond donors (Lipinski definition) is 3. The Hall–Kier alpha value is -1.89. The Morgan fingerprint density at radius 2 is 2.11 bits per heavy atom. The zero-order valence-corrected chi connectivity index (χ0v) is 15.3. The topological polar surface area (TPSA) is 82.0 Å². The molecule has 1 aromatic carbocycles. The van der Waals surface area contributed by atoms with Gasteiger partial charge in [-0.1, -0.05) is 30.4 Å². The van der Waals surface area contributed by atoms with E-state index in [1.54, 1.807) is 0 Å². The van der Waals surface area contributed by atoms with Gasteiger partial charge in [-0.2, -0.15) is 0 Å². The van der Waals surface area contributed by atoms with Crippen molar-refractivity contribution in [1.82, 2.24) is 4.90 Å². The molecule has 2 bridgehead atoms. The molecule has 0 amide bonds. The maximum atomic E-state index is 13.0. The van der Waals surface area contributed by atoms with Gasteiger partial charge in [0.25, 0.3) is 0 Å². The first-order valence-corrected chi connectivity index (χ1v) is 9.76. The molecule has 1 aromatic rings. The predicted molar refractivity (Wildman–Crippen MR) is 98.2 cm³/mol. The van der Waals surface area contributed by atoms with Gasteiger partial charge in [0, 0.05) is 29.1 Å². The van der Waals surface area contributed by atoms with Crippen molar-refractivity contribution >= 4 is 11.7 Å². The summed E-state index contributed by atoms with van der Waals surface area (Å²) in [5, 5.41) is 27.0. The van der Waals surface area contributed by atoms with Crippen molar-refractivity contribution in [3.63, 3.8) is 0 Å². The Morgan fingerprint density at radius 3 is 2.93 bits per heavy atom. The number of carbonyl (C=O) groups excluding carboxylic acids is 1. The van der Waals surface area contributed by atoms with Crippen molar-refractivity contribution in [2.24, 2.45) is 5.41 Å². The molecule has 0 radical (unpaired) electrons. The molecule has 3 heterocycles. The smallest absolute Gasteiger partial charge is 0.343 e. The minimum Gasteiger partial charge on any atom is -0.467 e. The average molecular weight is 368 g/mol. The van der Waals surface area contributed by atoms with Gasteiger partial charge >= 0.3 is 5.97 Å². The summed E-state index contributed by atoms with van der Waals surface area (Å²) in [6.07, 6.45) is 5.12. The third-order valence-electron chi connectivity index (χ3n) is 8.40. The second-order valence-electron chi connectivity index (χ2n) is 8.87. The number of fused-ring (bicyclic) bond motifs is 3. The molecule has 6 heteroatoms. The largest absolute Gasteiger partial charge is 0.467 e. The summed E-state index contributed by atoms with van der Waals surface area (Å²) in [5.41, 5.74) is -1.95. The Balaban J connectivity index is 1.73. The fourth-order valence-electron chi connectivity index (χ4n) is 7.65. The second-order valence-corrected chi connectivity index (χ2v) is 8.87. The summed E-state index contributed by atoms with van der Waals surface area (Å²) in [6.45, 7) is 1.73. The van der Waals surface area contributed by atoms with Gasteiger partial charge < -0.3 is 20.3 Å². The van der Waals surface area contributed by atoms with Crippen LogP contribution in [-0.4, -0.2) is 64.6 Å². The number of rotatable bonds is 1. The first-order valence-electron chi connectivity index (χ1n) is 9.76. The number of aliphatic hydroxyl groups excluding tert-OH is 1. The summed E-state index contributed by atoms with van der Waals surface area (Å²) < 4.78 is 5.07. The summed E-state index contributed by atoms with van der Waals surface area (Å²) in [5.74, 6) is -0.746. The van der Waals surface area contributed by atoms with Crippen LogP contribution in [0.3, 0.4) is 0 Å². The van der Waals surface area contributed by atoms with Gasteiger partial charge in [-0.25, -0.2) is 4.79 Å². The van der Waals surface area contributed by atoms with E-state index < -0.39 is 34.0 Å². The predicted octanol–water partition coefficient (Wildman–Crippen LogP) is 0.792. The van der Waals surface area contributed by atoms with Crippen molar-refractivity contribution < 1.29 is 19.7 Å². The summed E-state index contributed by atoms with van der Waals surface area (Å²) in [4.78, 5) is 15.4. The number of anilines is 1. The zero-order chi connectivity index (χ0) is 18.7. The first-order chi connectivity index (χ1) is 13.0. The lowest BCUT2D eigenvalue weighted by atomic mass is 9.37. The molecule has 6 atom stereocenters. The molecular weight excluding hydrogens is 344 g/mol. The van der Waals surface area contributed by atoms with Crippen LogP contribution in [0.25, 0.3) is 0 Å². The van der Waals surface area contributed by atoms with E-state index in [-0.39, 0.29) is 6.04 Å². The van der Waals surface area contributed by atoms with Crippen LogP contribution >= 0.6 is 0 Å². The number of ether oxygens (including phenoxy) is 1. The normalized spacial score (nSPS) is 48.6. The van der Waals surface area contributed by atoms with Gasteiger partial charge in [-0.05, 0) is 37.4 Å². The number of hydrogen-bond acceptors (Lipinski definition) is 6. The highest BCUT2D eigenvalue weighted by molar-refractivity contribution is 5.88. The molecule has 3 aliphatic carbocycles. The molecule has 0 aromatic heterocycles. The molecule has 3 spiro atoms. The maximum absolute atomic E-state index is 13.0. The quantitative estimate of drug-likeness (QED) is 0.502. The monoisotopic (exact) mass is 368 g/mol. The van der Waals surface area contributed by atoms with E-state index in [4.69, 9.17) is 4.74 Å². The SMILES string of the molecule is COC(=O)[C@]1(O)[C@@H](O)C23C=CCN4CC[C@@]5(c6ccccc6NC15CC2)[C@@H]43. The molecule has 2 unspecified atom stereocenters. The van der Waals surface area contributed by atoms with Crippen molar-refractivity contribution in [3.05, 3.63) is 42.0 Å². The number of para-hydroxylation sites is 1. The van der Waals surface area contributed by atoms with Gasteiger partial charge in [0.15, 0.2) is 0 Å². The zero-order valence-electron chi connectivity index (χ0n) is 15.3. The minimum atomic E-state index is -2.01. The number of nitrogens with one attached hydrogen (secondary N) is 1. The first kappa shape index (κ1) is 16.1. The number of methoxy groups -OCH3 is 1. The lowest BCUT2D eigenvalue weighted by Gasteiger charge is -2.71. The van der Waals surface area contributed by atoms with E-state index in [2.05, 4.69) is 28.4 Å². The number of nitrogens with zero attached hydrogens (tertiary/aromatic N) is 1. The molecule has 7 rings (SSSR count). The van der Waals surface area contributed by atoms with Gasteiger partial charge in [0.05, 0.1) is 12.6 Å². The van der Waals surface area contributed by atoms with Crippen LogP contribution in [0.2, 0.25) is 0 Å². The Kier molecular flexibility index (Phi) is 2.72. The summed E-state index contributed by atoms with van der Waals surface area (Å²) in [7, 11) is 1.29. The molecule has 27 heavy (non-hydrogen) atoms. The van der Waals surface area contributed by atoms with Crippen LogP contribution in [0.5, 0.6) is 0 Å².